The molecule has 1 fully saturated rings. The average molecular weight is 299 g/mol. The molecule has 0 aromatic heterocycles. The van der Waals surface area contributed by atoms with Crippen LogP contribution in [0.1, 0.15) is 63.5 Å². The Hall–Kier alpha value is -1.03. The molecule has 1 aliphatic carbocycles. The van der Waals surface area contributed by atoms with E-state index in [9.17, 15) is 13.2 Å². The van der Waals surface area contributed by atoms with Crippen LogP contribution in [0.15, 0.2) is 12.1 Å². The van der Waals surface area contributed by atoms with Gasteiger partial charge in [-0.1, -0.05) is 39.0 Å². The summed E-state index contributed by atoms with van der Waals surface area (Å²) < 4.78 is 41.3. The summed E-state index contributed by atoms with van der Waals surface area (Å²) in [4.78, 5) is 0. The van der Waals surface area contributed by atoms with E-state index in [4.69, 9.17) is 0 Å². The standard InChI is InChI=1S/C17H24F3N/c1-2-21-17(12-8-6-4-3-5-7-9-12)16-14(19)10-13(18)11-15(16)20/h10-12,17,21H,2-9H2,1H3. The third-order valence-electron chi connectivity index (χ3n) is 4.40. The SMILES string of the molecule is CCNC(c1c(F)cc(F)cc1F)C1CCCCCCC1. The van der Waals surface area contributed by atoms with Crippen LogP contribution in [0, 0.1) is 23.4 Å². The zero-order chi connectivity index (χ0) is 15.2. The molecule has 0 spiro atoms. The summed E-state index contributed by atoms with van der Waals surface area (Å²) in [6.07, 6.45) is 7.74. The molecule has 1 aliphatic rings. The van der Waals surface area contributed by atoms with Gasteiger partial charge in [-0.3, -0.25) is 0 Å². The van der Waals surface area contributed by atoms with E-state index in [-0.39, 0.29) is 17.5 Å². The first-order valence-corrected chi connectivity index (χ1v) is 8.01. The number of nitrogens with one attached hydrogen (secondary N) is 1. The first-order valence-electron chi connectivity index (χ1n) is 8.01. The summed E-state index contributed by atoms with van der Waals surface area (Å²) in [5.41, 5.74) is 0.00354. The third-order valence-corrected chi connectivity index (χ3v) is 4.40. The van der Waals surface area contributed by atoms with Gasteiger partial charge in [0, 0.05) is 23.7 Å². The normalized spacial score (nSPS) is 19.0. The maximum atomic E-state index is 14.1. The van der Waals surface area contributed by atoms with E-state index in [0.29, 0.717) is 6.54 Å². The molecular formula is C17H24F3N. The van der Waals surface area contributed by atoms with E-state index < -0.39 is 17.5 Å². The van der Waals surface area contributed by atoms with Gasteiger partial charge in [0.1, 0.15) is 17.5 Å². The highest BCUT2D eigenvalue weighted by atomic mass is 19.1. The van der Waals surface area contributed by atoms with E-state index in [0.717, 1.165) is 37.8 Å². The second-order valence-corrected chi connectivity index (χ2v) is 5.92. The molecule has 1 N–H and O–H groups in total. The lowest BCUT2D eigenvalue weighted by Crippen LogP contribution is -2.30. The Morgan fingerprint density at radius 1 is 1.00 bits per heavy atom. The van der Waals surface area contributed by atoms with Crippen molar-refractivity contribution in [3.8, 4) is 0 Å². The molecule has 118 valence electrons. The summed E-state index contributed by atoms with van der Waals surface area (Å²) in [6.45, 7) is 2.56. The third kappa shape index (κ3) is 4.22. The van der Waals surface area contributed by atoms with Gasteiger partial charge in [-0.15, -0.1) is 0 Å². The van der Waals surface area contributed by atoms with Gasteiger partial charge < -0.3 is 5.32 Å². The Labute approximate surface area is 124 Å². The molecule has 1 atom stereocenters. The fraction of sp³-hybridized carbons (Fsp3) is 0.647. The molecule has 2 rings (SSSR count). The molecule has 21 heavy (non-hydrogen) atoms. The molecule has 1 unspecified atom stereocenters. The first-order chi connectivity index (χ1) is 10.1. The number of hydrogen-bond acceptors (Lipinski definition) is 1. The van der Waals surface area contributed by atoms with Crippen LogP contribution in [0.25, 0.3) is 0 Å². The highest BCUT2D eigenvalue weighted by Gasteiger charge is 2.28. The molecule has 0 radical (unpaired) electrons. The minimum absolute atomic E-state index is 0.00354. The topological polar surface area (TPSA) is 12.0 Å². The Morgan fingerprint density at radius 3 is 2.05 bits per heavy atom. The van der Waals surface area contributed by atoms with E-state index in [2.05, 4.69) is 5.32 Å². The van der Waals surface area contributed by atoms with Crippen molar-refractivity contribution >= 4 is 0 Å². The lowest BCUT2D eigenvalue weighted by molar-refractivity contribution is 0.279. The lowest BCUT2D eigenvalue weighted by Gasteiger charge is -2.30. The number of benzene rings is 1. The summed E-state index contributed by atoms with van der Waals surface area (Å²) in [5.74, 6) is -2.21. The van der Waals surface area contributed by atoms with E-state index in [1.807, 2.05) is 6.92 Å². The van der Waals surface area contributed by atoms with Gasteiger partial charge in [0.15, 0.2) is 0 Å². The molecule has 0 bridgehead atoms. The first kappa shape index (κ1) is 16.3. The van der Waals surface area contributed by atoms with Crippen LogP contribution < -0.4 is 5.32 Å². The molecule has 0 aliphatic heterocycles. The Balaban J connectivity index is 2.28. The van der Waals surface area contributed by atoms with Crippen molar-refractivity contribution in [2.24, 2.45) is 5.92 Å². The zero-order valence-corrected chi connectivity index (χ0v) is 12.6. The number of hydrogen-bond donors (Lipinski definition) is 1. The molecular weight excluding hydrogens is 275 g/mol. The van der Waals surface area contributed by atoms with Gasteiger partial charge >= 0.3 is 0 Å². The lowest BCUT2D eigenvalue weighted by atomic mass is 9.82. The van der Waals surface area contributed by atoms with Crippen molar-refractivity contribution in [2.75, 3.05) is 6.54 Å². The second-order valence-electron chi connectivity index (χ2n) is 5.92. The van der Waals surface area contributed by atoms with Crippen LogP contribution in [-0.4, -0.2) is 6.54 Å². The van der Waals surface area contributed by atoms with Crippen LogP contribution in [0.4, 0.5) is 13.2 Å². The van der Waals surface area contributed by atoms with Crippen molar-refractivity contribution in [1.29, 1.82) is 0 Å². The summed E-state index contributed by atoms with van der Waals surface area (Å²) in [7, 11) is 0. The molecule has 4 heteroatoms. The van der Waals surface area contributed by atoms with E-state index in [1.54, 1.807) is 0 Å². The fourth-order valence-corrected chi connectivity index (χ4v) is 3.40. The average Bonchev–Trinajstić information content (AvgIpc) is 2.36. The predicted octanol–water partition coefficient (Wildman–Crippen LogP) is 5.12. The molecule has 0 heterocycles. The van der Waals surface area contributed by atoms with Crippen molar-refractivity contribution in [3.63, 3.8) is 0 Å². The van der Waals surface area contributed by atoms with Gasteiger partial charge in [-0.25, -0.2) is 13.2 Å². The quantitative estimate of drug-likeness (QED) is 0.814. The summed E-state index contributed by atoms with van der Waals surface area (Å²) in [6, 6.07) is 1.20. The molecule has 1 nitrogen and oxygen atoms in total. The molecule has 1 aromatic rings. The zero-order valence-electron chi connectivity index (χ0n) is 12.6. The van der Waals surface area contributed by atoms with Gasteiger partial charge in [0.05, 0.1) is 0 Å². The molecule has 0 saturated heterocycles. The van der Waals surface area contributed by atoms with Crippen LogP contribution in [0.5, 0.6) is 0 Å². The molecule has 0 amide bonds. The fourth-order valence-electron chi connectivity index (χ4n) is 3.40. The van der Waals surface area contributed by atoms with Gasteiger partial charge in [-0.2, -0.15) is 0 Å². The van der Waals surface area contributed by atoms with Crippen molar-refractivity contribution in [1.82, 2.24) is 5.32 Å². The highest BCUT2D eigenvalue weighted by Crippen LogP contribution is 2.35. The van der Waals surface area contributed by atoms with Gasteiger partial charge in [0.25, 0.3) is 0 Å². The smallest absolute Gasteiger partial charge is 0.133 e. The number of rotatable bonds is 4. The minimum Gasteiger partial charge on any atom is -0.310 e. The van der Waals surface area contributed by atoms with Crippen molar-refractivity contribution < 1.29 is 13.2 Å². The maximum Gasteiger partial charge on any atom is 0.133 e. The highest BCUT2D eigenvalue weighted by molar-refractivity contribution is 5.25. The number of halogens is 3. The van der Waals surface area contributed by atoms with Crippen LogP contribution in [0.3, 0.4) is 0 Å². The molecule has 1 saturated carbocycles. The molecule has 1 aromatic carbocycles. The van der Waals surface area contributed by atoms with Crippen LogP contribution >= 0.6 is 0 Å². The van der Waals surface area contributed by atoms with Crippen molar-refractivity contribution in [2.45, 2.75) is 57.9 Å². The van der Waals surface area contributed by atoms with Crippen LogP contribution in [-0.2, 0) is 0 Å². The van der Waals surface area contributed by atoms with Gasteiger partial charge in [-0.05, 0) is 25.3 Å². The summed E-state index contributed by atoms with van der Waals surface area (Å²) >= 11 is 0. The Morgan fingerprint density at radius 2 is 1.52 bits per heavy atom. The summed E-state index contributed by atoms with van der Waals surface area (Å²) in [5, 5.41) is 3.22. The van der Waals surface area contributed by atoms with E-state index in [1.165, 1.54) is 19.3 Å². The predicted molar refractivity (Wildman–Crippen MR) is 78.5 cm³/mol. The maximum absolute atomic E-state index is 14.1. The Kier molecular flexibility index (Phi) is 6.09. The monoisotopic (exact) mass is 299 g/mol. The largest absolute Gasteiger partial charge is 0.310 e. The van der Waals surface area contributed by atoms with Gasteiger partial charge in [0.2, 0.25) is 0 Å². The van der Waals surface area contributed by atoms with Crippen LogP contribution in [0.2, 0.25) is 0 Å². The minimum atomic E-state index is -0.860. The Bertz CT molecular complexity index is 430. The van der Waals surface area contributed by atoms with E-state index >= 15 is 0 Å². The van der Waals surface area contributed by atoms with Crippen molar-refractivity contribution in [3.05, 3.63) is 35.1 Å². The second kappa shape index (κ2) is 7.83.